The van der Waals surface area contributed by atoms with Crippen molar-refractivity contribution in [3.05, 3.63) is 45.9 Å². The van der Waals surface area contributed by atoms with Crippen molar-refractivity contribution in [2.24, 2.45) is 0 Å². The van der Waals surface area contributed by atoms with Gasteiger partial charge in [-0.3, -0.25) is 24.0 Å². The summed E-state index contributed by atoms with van der Waals surface area (Å²) in [6.45, 7) is 4.13. The largest absolute Gasteiger partial charge is 0.497 e. The molecule has 1 saturated heterocycles. The van der Waals surface area contributed by atoms with Crippen LogP contribution in [-0.2, 0) is 42.9 Å². The van der Waals surface area contributed by atoms with Crippen LogP contribution in [0.3, 0.4) is 0 Å². The first-order chi connectivity index (χ1) is 19.9. The van der Waals surface area contributed by atoms with Crippen molar-refractivity contribution in [1.29, 1.82) is 0 Å². The van der Waals surface area contributed by atoms with Gasteiger partial charge in [0.25, 0.3) is 5.56 Å². The van der Waals surface area contributed by atoms with E-state index < -0.39 is 66.7 Å². The van der Waals surface area contributed by atoms with E-state index in [0.717, 1.165) is 38.1 Å². The topological polar surface area (TPSA) is 171 Å². The number of aromatic nitrogens is 3. The molecule has 14 nitrogen and oxygen atoms in total. The molecule has 0 radical (unpaired) electrons. The highest BCUT2D eigenvalue weighted by Crippen LogP contribution is 2.35. The van der Waals surface area contributed by atoms with E-state index in [0.29, 0.717) is 5.75 Å². The minimum absolute atomic E-state index is 0.0718. The molecule has 1 aliphatic rings. The normalized spacial score (nSPS) is 21.8. The van der Waals surface area contributed by atoms with Gasteiger partial charge in [-0.2, -0.15) is 10.1 Å². The Morgan fingerprint density at radius 3 is 2.05 bits per heavy atom. The smallest absolute Gasteiger partial charge is 0.303 e. The highest BCUT2D eigenvalue weighted by atomic mass is 32.2. The lowest BCUT2D eigenvalue weighted by Gasteiger charge is -2.44. The third-order valence-electron chi connectivity index (χ3n) is 5.77. The van der Waals surface area contributed by atoms with Gasteiger partial charge < -0.3 is 28.4 Å². The third-order valence-corrected chi connectivity index (χ3v) is 6.41. The molecule has 2 heterocycles. The Bertz CT molecular complexity index is 1390. The maximum atomic E-state index is 12.9. The van der Waals surface area contributed by atoms with E-state index in [4.69, 9.17) is 28.4 Å². The van der Waals surface area contributed by atoms with Crippen molar-refractivity contribution in [3.8, 4) is 5.75 Å². The molecule has 0 spiro atoms. The van der Waals surface area contributed by atoms with Crippen molar-refractivity contribution >= 4 is 47.8 Å². The minimum atomic E-state index is -1.43. The van der Waals surface area contributed by atoms with E-state index in [9.17, 15) is 24.0 Å². The number of carbonyl (C=O) groups excluding carboxylic acids is 4. The van der Waals surface area contributed by atoms with Crippen LogP contribution in [0, 0.1) is 0 Å². The number of methoxy groups -OCH3 is 1. The van der Waals surface area contributed by atoms with Crippen LogP contribution in [0.1, 0.15) is 45.2 Å². The lowest BCUT2D eigenvalue weighted by atomic mass is 9.97. The molecule has 0 unspecified atom stereocenters. The van der Waals surface area contributed by atoms with E-state index in [1.165, 1.54) is 17.7 Å². The lowest BCUT2D eigenvalue weighted by molar-refractivity contribution is -0.272. The molecule has 3 rings (SSSR count). The zero-order valence-electron chi connectivity index (χ0n) is 23.8. The van der Waals surface area contributed by atoms with Crippen molar-refractivity contribution in [3.63, 3.8) is 0 Å². The first-order valence-electron chi connectivity index (χ1n) is 12.6. The molecule has 0 amide bonds. The van der Waals surface area contributed by atoms with Crippen molar-refractivity contribution in [1.82, 2.24) is 14.8 Å². The van der Waals surface area contributed by atoms with Crippen LogP contribution >= 0.6 is 11.8 Å². The fourth-order valence-corrected chi connectivity index (χ4v) is 4.61. The molecule has 1 aliphatic heterocycles. The second-order valence-electron chi connectivity index (χ2n) is 8.93. The van der Waals surface area contributed by atoms with Gasteiger partial charge in [-0.1, -0.05) is 30.0 Å². The first-order valence-corrected chi connectivity index (χ1v) is 13.8. The summed E-state index contributed by atoms with van der Waals surface area (Å²) in [4.78, 5) is 64.9. The van der Waals surface area contributed by atoms with Crippen LogP contribution in [0.4, 0.5) is 0 Å². The van der Waals surface area contributed by atoms with E-state index in [1.54, 1.807) is 43.7 Å². The van der Waals surface area contributed by atoms with Gasteiger partial charge in [0.15, 0.2) is 35.4 Å². The van der Waals surface area contributed by atoms with E-state index in [-0.39, 0.29) is 10.9 Å². The molecular weight excluding hydrogens is 574 g/mol. The van der Waals surface area contributed by atoms with Crippen LogP contribution in [-0.4, -0.2) is 83.0 Å². The summed E-state index contributed by atoms with van der Waals surface area (Å²) >= 11 is 1.05. The molecule has 0 N–H and O–H groups in total. The summed E-state index contributed by atoms with van der Waals surface area (Å²) in [6.07, 6.45) is -2.02. The Morgan fingerprint density at radius 2 is 1.50 bits per heavy atom. The number of hydrogen-bond donors (Lipinski definition) is 0. The van der Waals surface area contributed by atoms with Gasteiger partial charge in [0.2, 0.25) is 0 Å². The number of hydrogen-bond acceptors (Lipinski definition) is 14. The molecule has 5 atom stereocenters. The Hall–Kier alpha value is -4.24. The summed E-state index contributed by atoms with van der Waals surface area (Å²) in [5.74, 6) is -2.30. The summed E-state index contributed by atoms with van der Waals surface area (Å²) < 4.78 is 34.1. The molecule has 1 aromatic carbocycles. The van der Waals surface area contributed by atoms with Gasteiger partial charge >= 0.3 is 23.9 Å². The molecule has 0 bridgehead atoms. The number of thioether (sulfide) groups is 1. The van der Waals surface area contributed by atoms with Crippen LogP contribution in [0.2, 0.25) is 0 Å². The molecule has 42 heavy (non-hydrogen) atoms. The second kappa shape index (κ2) is 14.6. The number of esters is 4. The fraction of sp³-hybridized carbons (Fsp3) is 0.444. The highest BCUT2D eigenvalue weighted by Gasteiger charge is 2.53. The first kappa shape index (κ1) is 32.3. The van der Waals surface area contributed by atoms with Crippen molar-refractivity contribution < 1.29 is 47.6 Å². The van der Waals surface area contributed by atoms with Gasteiger partial charge in [0.1, 0.15) is 18.5 Å². The highest BCUT2D eigenvalue weighted by molar-refractivity contribution is 7.98. The van der Waals surface area contributed by atoms with E-state index in [1.807, 2.05) is 0 Å². The predicted octanol–water partition coefficient (Wildman–Crippen LogP) is 1.79. The maximum absolute atomic E-state index is 12.9. The summed E-state index contributed by atoms with van der Waals surface area (Å²) in [5.41, 5.74) is 0.00672. The zero-order chi connectivity index (χ0) is 31.0. The van der Waals surface area contributed by atoms with Crippen LogP contribution < -0.4 is 10.3 Å². The van der Waals surface area contributed by atoms with Gasteiger partial charge in [0, 0.05) is 27.7 Å². The van der Waals surface area contributed by atoms with E-state index >= 15 is 0 Å². The number of nitrogens with zero attached hydrogens (tertiary/aromatic N) is 3. The monoisotopic (exact) mass is 605 g/mol. The lowest BCUT2D eigenvalue weighted by Crippen LogP contribution is -2.61. The molecule has 1 fully saturated rings. The SMILES string of the molecule is COc1ccc(/C=C/c2nn([C@@H]3O[C@H](COC(C)=O)[C@@H](OC(C)=O)[C@H](OC(C)=O)[C@H]3OC(C)=O)c(SC)nc2=O)cc1. The van der Waals surface area contributed by atoms with Gasteiger partial charge in [-0.25, -0.2) is 4.68 Å². The zero-order valence-corrected chi connectivity index (χ0v) is 24.6. The summed E-state index contributed by atoms with van der Waals surface area (Å²) in [6, 6.07) is 7.05. The number of benzene rings is 1. The molecule has 0 aliphatic carbocycles. The van der Waals surface area contributed by atoms with Crippen LogP contribution in [0.15, 0.2) is 34.2 Å². The quantitative estimate of drug-likeness (QED) is 0.218. The molecule has 15 heteroatoms. The Labute approximate surface area is 245 Å². The van der Waals surface area contributed by atoms with E-state index in [2.05, 4.69) is 10.1 Å². The predicted molar refractivity (Wildman–Crippen MR) is 147 cm³/mol. The van der Waals surface area contributed by atoms with Crippen molar-refractivity contribution in [2.75, 3.05) is 20.0 Å². The molecule has 1 aromatic heterocycles. The van der Waals surface area contributed by atoms with Crippen LogP contribution in [0.5, 0.6) is 5.75 Å². The molecule has 0 saturated carbocycles. The molecular formula is C27H31N3O11S. The molecule has 2 aromatic rings. The Kier molecular flexibility index (Phi) is 11.2. The number of rotatable bonds is 10. The van der Waals surface area contributed by atoms with Gasteiger partial charge in [-0.15, -0.1) is 0 Å². The fourth-order valence-electron chi connectivity index (χ4n) is 4.10. The average molecular weight is 606 g/mol. The minimum Gasteiger partial charge on any atom is -0.497 e. The Balaban J connectivity index is 2.15. The number of ether oxygens (including phenoxy) is 6. The Morgan fingerprint density at radius 1 is 0.905 bits per heavy atom. The van der Waals surface area contributed by atoms with Crippen LogP contribution in [0.25, 0.3) is 12.2 Å². The van der Waals surface area contributed by atoms with Crippen molar-refractivity contribution in [2.45, 2.75) is 63.5 Å². The van der Waals surface area contributed by atoms with Gasteiger partial charge in [-0.05, 0) is 30.0 Å². The standard InChI is InChI=1S/C27H31N3O11S/c1-14(31)37-13-21-22(38-15(2)32)23(39-16(3)33)24(40-17(4)34)26(41-21)30-27(42-6)28-25(35)20(29-30)12-9-18-7-10-19(36-5)11-8-18/h7-12,21-24,26H,13H2,1-6H3/b12-9+/t21-,22-,23+,24-,26-/m1/s1. The maximum Gasteiger partial charge on any atom is 0.303 e. The third kappa shape index (κ3) is 8.39. The van der Waals surface area contributed by atoms with Gasteiger partial charge in [0.05, 0.1) is 7.11 Å². The average Bonchev–Trinajstić information content (AvgIpc) is 2.93. The summed E-state index contributed by atoms with van der Waals surface area (Å²) in [5, 5.41) is 4.51. The molecule has 226 valence electrons. The summed E-state index contributed by atoms with van der Waals surface area (Å²) in [7, 11) is 1.55. The second-order valence-corrected chi connectivity index (χ2v) is 9.70. The number of carbonyl (C=O) groups is 4.